The van der Waals surface area contributed by atoms with Gasteiger partial charge in [0.1, 0.15) is 17.9 Å². The zero-order valence-corrected chi connectivity index (χ0v) is 13.2. The summed E-state index contributed by atoms with van der Waals surface area (Å²) in [4.78, 5) is 11.7. The van der Waals surface area contributed by atoms with Crippen molar-refractivity contribution in [1.29, 1.82) is 0 Å². The fraction of sp³-hybridized carbons (Fsp3) is 0.118. The molecule has 2 rings (SSSR count). The highest BCUT2D eigenvalue weighted by atomic mass is 79.9. The molecule has 0 radical (unpaired) electrons. The monoisotopic (exact) mass is 346 g/mol. The van der Waals surface area contributed by atoms with E-state index < -0.39 is 5.97 Å². The molecular weight excluding hydrogens is 332 g/mol. The van der Waals surface area contributed by atoms with Crippen molar-refractivity contribution in [3.8, 4) is 5.75 Å². The SMILES string of the molecule is COC(=O)c1cc(Br)ccc1OC/C=C/c1ccccc1. The molecule has 21 heavy (non-hydrogen) atoms. The molecule has 0 spiro atoms. The van der Waals surface area contributed by atoms with Gasteiger partial charge in [0.15, 0.2) is 0 Å². The number of carbonyl (C=O) groups excluding carboxylic acids is 1. The Bertz CT molecular complexity index is 636. The molecule has 0 aliphatic rings. The van der Waals surface area contributed by atoms with Gasteiger partial charge in [-0.25, -0.2) is 4.79 Å². The Kier molecular flexibility index (Phi) is 5.58. The minimum absolute atomic E-state index is 0.376. The van der Waals surface area contributed by atoms with Gasteiger partial charge in [0.2, 0.25) is 0 Å². The van der Waals surface area contributed by atoms with Gasteiger partial charge in [0.05, 0.1) is 7.11 Å². The lowest BCUT2D eigenvalue weighted by Crippen LogP contribution is -2.05. The topological polar surface area (TPSA) is 35.5 Å². The fourth-order valence-electron chi connectivity index (χ4n) is 1.78. The molecule has 108 valence electrons. The fourth-order valence-corrected chi connectivity index (χ4v) is 2.14. The van der Waals surface area contributed by atoms with Gasteiger partial charge in [0, 0.05) is 4.47 Å². The van der Waals surface area contributed by atoms with Crippen molar-refractivity contribution < 1.29 is 14.3 Å². The normalized spacial score (nSPS) is 10.6. The van der Waals surface area contributed by atoms with Crippen molar-refractivity contribution >= 4 is 28.0 Å². The van der Waals surface area contributed by atoms with Crippen LogP contribution in [0.15, 0.2) is 59.1 Å². The summed E-state index contributed by atoms with van der Waals surface area (Å²) in [6, 6.07) is 15.2. The van der Waals surface area contributed by atoms with Crippen LogP contribution < -0.4 is 4.74 Å². The Morgan fingerprint density at radius 3 is 2.67 bits per heavy atom. The summed E-state index contributed by atoms with van der Waals surface area (Å²) < 4.78 is 11.2. The van der Waals surface area contributed by atoms with Gasteiger partial charge in [0.25, 0.3) is 0 Å². The van der Waals surface area contributed by atoms with E-state index in [2.05, 4.69) is 15.9 Å². The summed E-state index contributed by atoms with van der Waals surface area (Å²) in [5.74, 6) is 0.0844. The lowest BCUT2D eigenvalue weighted by Gasteiger charge is -2.09. The van der Waals surface area contributed by atoms with Gasteiger partial charge >= 0.3 is 5.97 Å². The molecule has 0 fully saturated rings. The quantitative estimate of drug-likeness (QED) is 0.756. The highest BCUT2D eigenvalue weighted by Gasteiger charge is 2.13. The molecule has 0 heterocycles. The van der Waals surface area contributed by atoms with Gasteiger partial charge < -0.3 is 9.47 Å². The first-order chi connectivity index (χ1) is 10.2. The molecule has 0 bridgehead atoms. The first kappa shape index (κ1) is 15.3. The van der Waals surface area contributed by atoms with Crippen LogP contribution in [0.4, 0.5) is 0 Å². The second kappa shape index (κ2) is 7.64. The summed E-state index contributed by atoms with van der Waals surface area (Å²) in [6.45, 7) is 0.376. The average Bonchev–Trinajstić information content (AvgIpc) is 2.53. The van der Waals surface area contributed by atoms with Crippen LogP contribution in [0.5, 0.6) is 5.75 Å². The maximum atomic E-state index is 11.7. The number of rotatable bonds is 5. The number of ether oxygens (including phenoxy) is 2. The molecule has 4 heteroatoms. The Hall–Kier alpha value is -2.07. The first-order valence-corrected chi connectivity index (χ1v) is 7.22. The Labute approximate surface area is 132 Å². The molecule has 0 amide bonds. The molecule has 2 aromatic carbocycles. The number of methoxy groups -OCH3 is 1. The highest BCUT2D eigenvalue weighted by molar-refractivity contribution is 9.10. The van der Waals surface area contributed by atoms with Crippen LogP contribution >= 0.6 is 15.9 Å². The summed E-state index contributed by atoms with van der Waals surface area (Å²) in [7, 11) is 1.35. The van der Waals surface area contributed by atoms with E-state index in [-0.39, 0.29) is 0 Å². The number of carbonyl (C=O) groups is 1. The summed E-state index contributed by atoms with van der Waals surface area (Å²) in [5, 5.41) is 0. The number of esters is 1. The average molecular weight is 347 g/mol. The maximum Gasteiger partial charge on any atom is 0.341 e. The molecule has 0 aliphatic carbocycles. The number of benzene rings is 2. The van der Waals surface area contributed by atoms with Crippen molar-refractivity contribution in [2.24, 2.45) is 0 Å². The molecule has 0 saturated heterocycles. The van der Waals surface area contributed by atoms with E-state index in [0.29, 0.717) is 17.9 Å². The van der Waals surface area contributed by atoms with Crippen LogP contribution in [0, 0.1) is 0 Å². The predicted molar refractivity (Wildman–Crippen MR) is 86.5 cm³/mol. The third-order valence-corrected chi connectivity index (χ3v) is 3.29. The first-order valence-electron chi connectivity index (χ1n) is 6.43. The molecule has 0 saturated carbocycles. The van der Waals surface area contributed by atoms with E-state index in [1.807, 2.05) is 48.6 Å². The second-order valence-electron chi connectivity index (χ2n) is 4.26. The zero-order chi connectivity index (χ0) is 15.1. The van der Waals surface area contributed by atoms with Gasteiger partial charge in [-0.1, -0.05) is 52.3 Å². The van der Waals surface area contributed by atoms with Gasteiger partial charge in [-0.3, -0.25) is 0 Å². The van der Waals surface area contributed by atoms with Crippen molar-refractivity contribution in [2.75, 3.05) is 13.7 Å². The van der Waals surface area contributed by atoms with E-state index in [4.69, 9.17) is 9.47 Å². The molecule has 0 unspecified atom stereocenters. The molecule has 3 nitrogen and oxygen atoms in total. The molecule has 2 aromatic rings. The zero-order valence-electron chi connectivity index (χ0n) is 11.6. The van der Waals surface area contributed by atoms with E-state index in [0.717, 1.165) is 10.0 Å². The second-order valence-corrected chi connectivity index (χ2v) is 5.17. The Morgan fingerprint density at radius 2 is 1.95 bits per heavy atom. The van der Waals surface area contributed by atoms with Gasteiger partial charge in [-0.05, 0) is 29.8 Å². The summed E-state index contributed by atoms with van der Waals surface area (Å²) in [6.07, 6.45) is 3.87. The molecule has 0 aromatic heterocycles. The number of hydrogen-bond acceptors (Lipinski definition) is 3. The van der Waals surface area contributed by atoms with E-state index in [9.17, 15) is 4.79 Å². The van der Waals surface area contributed by atoms with Crippen molar-refractivity contribution in [3.05, 3.63) is 70.2 Å². The molecule has 0 atom stereocenters. The van der Waals surface area contributed by atoms with Crippen molar-refractivity contribution in [2.45, 2.75) is 0 Å². The van der Waals surface area contributed by atoms with E-state index >= 15 is 0 Å². The predicted octanol–water partition coefficient (Wildman–Crippen LogP) is 4.33. The smallest absolute Gasteiger partial charge is 0.341 e. The van der Waals surface area contributed by atoms with Crippen molar-refractivity contribution in [3.63, 3.8) is 0 Å². The number of halogens is 1. The lowest BCUT2D eigenvalue weighted by molar-refractivity contribution is 0.0596. The summed E-state index contributed by atoms with van der Waals surface area (Å²) >= 11 is 3.33. The lowest BCUT2D eigenvalue weighted by atomic mass is 10.2. The van der Waals surface area contributed by atoms with Crippen LogP contribution in [0.25, 0.3) is 6.08 Å². The number of hydrogen-bond donors (Lipinski definition) is 0. The van der Waals surface area contributed by atoms with E-state index in [1.165, 1.54) is 7.11 Å². The van der Waals surface area contributed by atoms with Crippen LogP contribution in [0.1, 0.15) is 15.9 Å². The standard InChI is InChI=1S/C17H15BrO3/c1-20-17(19)15-12-14(18)9-10-16(15)21-11-5-8-13-6-3-2-4-7-13/h2-10,12H,11H2,1H3/b8-5+. The summed E-state index contributed by atoms with van der Waals surface area (Å²) in [5.41, 5.74) is 1.50. The Morgan fingerprint density at radius 1 is 1.19 bits per heavy atom. The largest absolute Gasteiger partial charge is 0.489 e. The van der Waals surface area contributed by atoms with E-state index in [1.54, 1.807) is 12.1 Å². The molecule has 0 aliphatic heterocycles. The highest BCUT2D eigenvalue weighted by Crippen LogP contribution is 2.24. The van der Waals surface area contributed by atoms with Crippen LogP contribution in [-0.2, 0) is 4.74 Å². The van der Waals surface area contributed by atoms with Crippen LogP contribution in [0.2, 0.25) is 0 Å². The molecule has 0 N–H and O–H groups in total. The minimum Gasteiger partial charge on any atom is -0.489 e. The van der Waals surface area contributed by atoms with Crippen LogP contribution in [-0.4, -0.2) is 19.7 Å². The minimum atomic E-state index is -0.418. The van der Waals surface area contributed by atoms with Crippen LogP contribution in [0.3, 0.4) is 0 Å². The van der Waals surface area contributed by atoms with Gasteiger partial charge in [-0.2, -0.15) is 0 Å². The Balaban J connectivity index is 2.03. The van der Waals surface area contributed by atoms with Crippen molar-refractivity contribution in [1.82, 2.24) is 0 Å². The molecular formula is C17H15BrO3. The third kappa shape index (κ3) is 4.46. The third-order valence-electron chi connectivity index (χ3n) is 2.79. The van der Waals surface area contributed by atoms with Gasteiger partial charge in [-0.15, -0.1) is 0 Å². The maximum absolute atomic E-state index is 11.7.